The minimum atomic E-state index is -2.92. The maximum absolute atomic E-state index is 11.7. The average molecular weight is 255 g/mol. The number of hydrogen-bond donors (Lipinski definition) is 0. The predicted octanol–water partition coefficient (Wildman–Crippen LogP) is 2.03. The van der Waals surface area contributed by atoms with Gasteiger partial charge in [-0.2, -0.15) is 0 Å². The molecule has 0 saturated heterocycles. The van der Waals surface area contributed by atoms with Gasteiger partial charge >= 0.3 is 16.9 Å². The molecule has 0 rings (SSSR count). The van der Waals surface area contributed by atoms with Crippen LogP contribution in [0.1, 0.15) is 13.8 Å². The lowest BCUT2D eigenvalue weighted by molar-refractivity contribution is 0.213. The molecule has 7 heteroatoms. The molecule has 5 nitrogen and oxygen atoms in total. The van der Waals surface area contributed by atoms with Crippen molar-refractivity contribution in [3.8, 4) is 0 Å². The molecule has 0 aromatic carbocycles. The third kappa shape index (κ3) is 6.45. The van der Waals surface area contributed by atoms with E-state index in [4.69, 9.17) is 17.9 Å². The second-order valence-electron chi connectivity index (χ2n) is 2.69. The lowest BCUT2D eigenvalue weighted by Crippen LogP contribution is -2.24. The Bertz CT molecular complexity index is 187. The summed E-state index contributed by atoms with van der Waals surface area (Å²) in [6.07, 6.45) is 0.342. The largest absolute Gasteiger partial charge is 0.394 e. The van der Waals surface area contributed by atoms with Gasteiger partial charge in [-0.05, 0) is 13.8 Å². The van der Waals surface area contributed by atoms with Crippen molar-refractivity contribution < 1.29 is 22.5 Å². The Morgan fingerprint density at radius 2 is 1.53 bits per heavy atom. The van der Waals surface area contributed by atoms with Crippen LogP contribution in [0.2, 0.25) is 6.04 Å². The Balaban J connectivity index is 4.01. The molecule has 0 bridgehead atoms. The van der Waals surface area contributed by atoms with Crippen molar-refractivity contribution in [1.29, 1.82) is 0 Å². The highest BCUT2D eigenvalue weighted by molar-refractivity contribution is 7.53. The van der Waals surface area contributed by atoms with Crippen LogP contribution in [0.5, 0.6) is 0 Å². The monoisotopic (exact) mass is 255 g/mol. The van der Waals surface area contributed by atoms with Crippen molar-refractivity contribution in [2.45, 2.75) is 19.9 Å². The molecule has 0 spiro atoms. The molecule has 0 aliphatic heterocycles. The van der Waals surface area contributed by atoms with Crippen LogP contribution in [0.25, 0.3) is 0 Å². The van der Waals surface area contributed by atoms with Gasteiger partial charge in [0.15, 0.2) is 0 Å². The molecule has 0 atom stereocenters. The third-order valence-electron chi connectivity index (χ3n) is 1.76. The standard InChI is InChI=1S/C8H20O5PSi/c1-5-12-15(13-6-2)8-7-14(9,10-3)11-4/h5-8H2,1-4H3. The molecule has 15 heavy (non-hydrogen) atoms. The SMILES string of the molecule is CCO[Si](CCP(=O)(OC)OC)OCC. The Kier molecular flexibility index (Phi) is 8.60. The van der Waals surface area contributed by atoms with E-state index in [1.54, 1.807) is 0 Å². The molecule has 1 radical (unpaired) electrons. The summed E-state index contributed by atoms with van der Waals surface area (Å²) in [5, 5.41) is 0. The summed E-state index contributed by atoms with van der Waals surface area (Å²) in [6.45, 7) is 5.04. The Hall–Kier alpha value is 0.287. The highest BCUT2D eigenvalue weighted by Crippen LogP contribution is 2.47. The first kappa shape index (κ1) is 15.3. The van der Waals surface area contributed by atoms with Crippen LogP contribution in [0.15, 0.2) is 0 Å². The van der Waals surface area contributed by atoms with Gasteiger partial charge in [0, 0.05) is 33.5 Å². The average Bonchev–Trinajstić information content (AvgIpc) is 2.26. The summed E-state index contributed by atoms with van der Waals surface area (Å²) >= 11 is 0. The summed E-state index contributed by atoms with van der Waals surface area (Å²) in [6, 6.07) is 0.602. The van der Waals surface area contributed by atoms with Crippen LogP contribution in [-0.2, 0) is 22.5 Å². The molecule has 0 aliphatic rings. The van der Waals surface area contributed by atoms with E-state index >= 15 is 0 Å². The molecule has 0 N–H and O–H groups in total. The first-order valence-electron chi connectivity index (χ1n) is 4.93. The fraction of sp³-hybridized carbons (Fsp3) is 1.00. The van der Waals surface area contributed by atoms with E-state index in [1.807, 2.05) is 13.8 Å². The van der Waals surface area contributed by atoms with Crippen molar-refractivity contribution >= 4 is 16.9 Å². The third-order valence-corrected chi connectivity index (χ3v) is 5.94. The highest BCUT2D eigenvalue weighted by atomic mass is 31.2. The van der Waals surface area contributed by atoms with Crippen molar-refractivity contribution in [3.63, 3.8) is 0 Å². The lowest BCUT2D eigenvalue weighted by atomic mass is 10.9. The van der Waals surface area contributed by atoms with Gasteiger partial charge in [0.2, 0.25) is 0 Å². The fourth-order valence-corrected chi connectivity index (χ4v) is 4.35. The summed E-state index contributed by atoms with van der Waals surface area (Å²) in [7, 11) is -1.47. The van der Waals surface area contributed by atoms with E-state index in [0.717, 1.165) is 0 Å². The van der Waals surface area contributed by atoms with Crippen molar-refractivity contribution in [2.24, 2.45) is 0 Å². The van der Waals surface area contributed by atoms with Crippen LogP contribution in [0.3, 0.4) is 0 Å². The maximum atomic E-state index is 11.7. The Morgan fingerprint density at radius 3 is 1.87 bits per heavy atom. The van der Waals surface area contributed by atoms with Gasteiger partial charge in [0.25, 0.3) is 0 Å². The molecule has 0 aromatic heterocycles. The smallest absolute Gasteiger partial charge is 0.385 e. The minimum Gasteiger partial charge on any atom is -0.394 e. The first-order chi connectivity index (χ1) is 7.11. The normalized spacial score (nSPS) is 12.3. The Labute approximate surface area is 93.4 Å². The van der Waals surface area contributed by atoms with Gasteiger partial charge in [0.05, 0.1) is 6.16 Å². The van der Waals surface area contributed by atoms with E-state index < -0.39 is 16.9 Å². The van der Waals surface area contributed by atoms with Crippen LogP contribution in [-0.4, -0.2) is 42.9 Å². The summed E-state index contributed by atoms with van der Waals surface area (Å²) in [5.41, 5.74) is 0. The molecular formula is C8H20O5PSi. The van der Waals surface area contributed by atoms with E-state index in [-0.39, 0.29) is 0 Å². The summed E-state index contributed by atoms with van der Waals surface area (Å²) < 4.78 is 32.2. The van der Waals surface area contributed by atoms with E-state index in [9.17, 15) is 4.57 Å². The van der Waals surface area contributed by atoms with Gasteiger partial charge in [-0.15, -0.1) is 0 Å². The van der Waals surface area contributed by atoms with Gasteiger partial charge in [-0.25, -0.2) is 0 Å². The minimum absolute atomic E-state index is 0.342. The Morgan fingerprint density at radius 1 is 1.07 bits per heavy atom. The van der Waals surface area contributed by atoms with Gasteiger partial charge in [0.1, 0.15) is 0 Å². The second-order valence-corrected chi connectivity index (χ2v) is 6.91. The van der Waals surface area contributed by atoms with E-state index in [1.165, 1.54) is 14.2 Å². The summed E-state index contributed by atoms with van der Waals surface area (Å²) in [5.74, 6) is 0. The van der Waals surface area contributed by atoms with Crippen molar-refractivity contribution in [3.05, 3.63) is 0 Å². The van der Waals surface area contributed by atoms with Crippen LogP contribution >= 0.6 is 7.60 Å². The summed E-state index contributed by atoms with van der Waals surface area (Å²) in [4.78, 5) is 0. The molecular weight excluding hydrogens is 235 g/mol. The number of hydrogen-bond acceptors (Lipinski definition) is 5. The molecule has 91 valence electrons. The van der Waals surface area contributed by atoms with Gasteiger partial charge in [-0.1, -0.05) is 0 Å². The first-order valence-corrected chi connectivity index (χ1v) is 8.19. The topological polar surface area (TPSA) is 54.0 Å². The fourth-order valence-electron chi connectivity index (χ4n) is 0.993. The molecule has 0 amide bonds. The van der Waals surface area contributed by atoms with Gasteiger partial charge in [-0.3, -0.25) is 4.57 Å². The molecule has 0 fully saturated rings. The van der Waals surface area contributed by atoms with Gasteiger partial charge < -0.3 is 17.9 Å². The molecule has 0 aliphatic carbocycles. The zero-order valence-electron chi connectivity index (χ0n) is 9.82. The molecule has 0 saturated carbocycles. The molecule has 0 heterocycles. The lowest BCUT2D eigenvalue weighted by Gasteiger charge is -2.16. The molecule has 0 unspecified atom stereocenters. The van der Waals surface area contributed by atoms with Crippen LogP contribution < -0.4 is 0 Å². The molecule has 0 aromatic rings. The maximum Gasteiger partial charge on any atom is 0.385 e. The number of rotatable bonds is 9. The zero-order chi connectivity index (χ0) is 11.7. The van der Waals surface area contributed by atoms with Crippen LogP contribution in [0, 0.1) is 0 Å². The second kappa shape index (κ2) is 8.44. The van der Waals surface area contributed by atoms with Crippen molar-refractivity contribution in [2.75, 3.05) is 33.6 Å². The van der Waals surface area contributed by atoms with Crippen molar-refractivity contribution in [1.82, 2.24) is 0 Å². The zero-order valence-corrected chi connectivity index (χ0v) is 11.7. The van der Waals surface area contributed by atoms with E-state index in [0.29, 0.717) is 25.4 Å². The van der Waals surface area contributed by atoms with Crippen LogP contribution in [0.4, 0.5) is 0 Å². The predicted molar refractivity (Wildman–Crippen MR) is 60.3 cm³/mol. The quantitative estimate of drug-likeness (QED) is 0.466. The highest BCUT2D eigenvalue weighted by Gasteiger charge is 2.25. The van der Waals surface area contributed by atoms with E-state index in [2.05, 4.69) is 0 Å².